The van der Waals surface area contributed by atoms with Crippen LogP contribution in [0.5, 0.6) is 0 Å². The predicted octanol–water partition coefficient (Wildman–Crippen LogP) is 2.87. The lowest BCUT2D eigenvalue weighted by Crippen LogP contribution is -2.30. The number of aliphatic carboxylic acids is 1. The number of benzene rings is 2. The molecule has 0 amide bonds. The summed E-state index contributed by atoms with van der Waals surface area (Å²) in [6.07, 6.45) is 0.619. The fraction of sp³-hybridized carbons (Fsp3) is 0.267. The minimum absolute atomic E-state index is 0.0667. The average Bonchev–Trinajstić information content (AvgIpc) is 2.43. The number of carbonyl (C=O) groups is 1. The van der Waals surface area contributed by atoms with Crippen molar-refractivity contribution in [3.8, 4) is 0 Å². The molecule has 0 saturated heterocycles. The maximum atomic E-state index is 12.4. The van der Waals surface area contributed by atoms with Gasteiger partial charge in [-0.1, -0.05) is 43.7 Å². The van der Waals surface area contributed by atoms with Gasteiger partial charge in [0.25, 0.3) is 0 Å². The zero-order valence-electron chi connectivity index (χ0n) is 11.1. The first kappa shape index (κ1) is 14.5. The van der Waals surface area contributed by atoms with Crippen molar-refractivity contribution in [2.24, 2.45) is 0 Å². The van der Waals surface area contributed by atoms with Crippen LogP contribution in [-0.2, 0) is 14.6 Å². The highest BCUT2D eigenvalue weighted by Crippen LogP contribution is 2.24. The molecule has 0 spiro atoms. The molecule has 106 valence electrons. The van der Waals surface area contributed by atoms with Crippen molar-refractivity contribution in [2.75, 3.05) is 0 Å². The van der Waals surface area contributed by atoms with Crippen molar-refractivity contribution in [1.29, 1.82) is 0 Å². The van der Waals surface area contributed by atoms with Crippen LogP contribution in [0.25, 0.3) is 10.8 Å². The Morgan fingerprint density at radius 1 is 1.15 bits per heavy atom. The lowest BCUT2D eigenvalue weighted by atomic mass is 10.1. The molecule has 0 aliphatic heterocycles. The predicted molar refractivity (Wildman–Crippen MR) is 77.5 cm³/mol. The Morgan fingerprint density at radius 3 is 2.40 bits per heavy atom. The Balaban J connectivity index is 2.52. The topological polar surface area (TPSA) is 71.4 Å². The Morgan fingerprint density at radius 2 is 1.80 bits per heavy atom. The summed E-state index contributed by atoms with van der Waals surface area (Å²) in [5, 5.41) is 9.47. The second kappa shape index (κ2) is 5.63. The van der Waals surface area contributed by atoms with Crippen molar-refractivity contribution in [1.82, 2.24) is 0 Å². The van der Waals surface area contributed by atoms with Crippen LogP contribution >= 0.6 is 0 Å². The van der Waals surface area contributed by atoms with Crippen LogP contribution in [0.1, 0.15) is 19.8 Å². The van der Waals surface area contributed by atoms with Crippen molar-refractivity contribution in [3.05, 3.63) is 42.5 Å². The molecule has 0 saturated carbocycles. The van der Waals surface area contributed by atoms with Gasteiger partial charge >= 0.3 is 5.97 Å². The molecule has 0 bridgehead atoms. The third kappa shape index (κ3) is 2.67. The van der Waals surface area contributed by atoms with E-state index in [9.17, 15) is 13.2 Å². The van der Waals surface area contributed by atoms with Gasteiger partial charge in [-0.05, 0) is 29.3 Å². The van der Waals surface area contributed by atoms with Gasteiger partial charge in [0.1, 0.15) is 0 Å². The van der Waals surface area contributed by atoms with Gasteiger partial charge in [-0.2, -0.15) is 0 Å². The molecule has 1 atom stereocenters. The number of carboxylic acid groups (broad SMARTS) is 1. The van der Waals surface area contributed by atoms with Crippen LogP contribution in [0, 0.1) is 0 Å². The number of hydrogen-bond acceptors (Lipinski definition) is 3. The fourth-order valence-electron chi connectivity index (χ4n) is 2.18. The molecule has 5 heteroatoms. The Labute approximate surface area is 118 Å². The minimum atomic E-state index is -3.85. The van der Waals surface area contributed by atoms with E-state index in [-0.39, 0.29) is 11.3 Å². The van der Waals surface area contributed by atoms with E-state index < -0.39 is 21.1 Å². The Bertz CT molecular complexity index is 734. The summed E-state index contributed by atoms with van der Waals surface area (Å²) in [7, 11) is -3.85. The van der Waals surface area contributed by atoms with Crippen molar-refractivity contribution in [2.45, 2.75) is 29.9 Å². The van der Waals surface area contributed by atoms with E-state index in [1.165, 1.54) is 12.1 Å². The van der Waals surface area contributed by atoms with Gasteiger partial charge in [-0.25, -0.2) is 8.42 Å². The van der Waals surface area contributed by atoms with Crippen LogP contribution < -0.4 is 0 Å². The Kier molecular flexibility index (Phi) is 4.09. The summed E-state index contributed by atoms with van der Waals surface area (Å²) in [5.41, 5.74) is 0. The van der Waals surface area contributed by atoms with E-state index >= 15 is 0 Å². The van der Waals surface area contributed by atoms with E-state index in [0.29, 0.717) is 6.42 Å². The first-order valence-corrected chi connectivity index (χ1v) is 7.97. The van der Waals surface area contributed by atoms with Gasteiger partial charge in [0.2, 0.25) is 0 Å². The first-order valence-electron chi connectivity index (χ1n) is 6.42. The number of fused-ring (bicyclic) bond motifs is 1. The van der Waals surface area contributed by atoms with Gasteiger partial charge in [-0.15, -0.1) is 0 Å². The molecule has 4 nitrogen and oxygen atoms in total. The monoisotopic (exact) mass is 292 g/mol. The molecule has 20 heavy (non-hydrogen) atoms. The summed E-state index contributed by atoms with van der Waals surface area (Å²) >= 11 is 0. The van der Waals surface area contributed by atoms with Gasteiger partial charge in [0.05, 0.1) is 4.90 Å². The normalized spacial score (nSPS) is 13.2. The molecule has 0 radical (unpaired) electrons. The number of rotatable bonds is 5. The van der Waals surface area contributed by atoms with Crippen LogP contribution in [0.15, 0.2) is 47.4 Å². The summed E-state index contributed by atoms with van der Waals surface area (Å²) < 4.78 is 24.9. The van der Waals surface area contributed by atoms with Gasteiger partial charge in [0.15, 0.2) is 15.1 Å². The number of sulfone groups is 1. The van der Waals surface area contributed by atoms with Crippen LogP contribution in [0.3, 0.4) is 0 Å². The molecule has 2 rings (SSSR count). The summed E-state index contributed by atoms with van der Waals surface area (Å²) in [4.78, 5) is 11.3. The third-order valence-corrected chi connectivity index (χ3v) is 5.35. The van der Waals surface area contributed by atoms with Crippen LogP contribution in [0.4, 0.5) is 0 Å². The zero-order chi connectivity index (χ0) is 14.8. The SMILES string of the molecule is CCC[C@@H](C(=O)O)S(=O)(=O)c1ccc2ccccc2c1. The summed E-state index contributed by atoms with van der Waals surface area (Å²) in [6, 6.07) is 12.1. The molecule has 2 aromatic rings. The second-order valence-corrected chi connectivity index (χ2v) is 6.80. The van der Waals surface area contributed by atoms with Gasteiger partial charge in [-0.3, -0.25) is 4.79 Å². The molecule has 0 aliphatic rings. The van der Waals surface area contributed by atoms with E-state index in [1.54, 1.807) is 13.0 Å². The Hall–Kier alpha value is -1.88. The van der Waals surface area contributed by atoms with E-state index in [2.05, 4.69) is 0 Å². The molecule has 2 aromatic carbocycles. The molecule has 0 aliphatic carbocycles. The molecule has 0 aromatic heterocycles. The molecule has 0 unspecified atom stereocenters. The first-order chi connectivity index (χ1) is 9.46. The lowest BCUT2D eigenvalue weighted by molar-refractivity contribution is -0.136. The maximum Gasteiger partial charge on any atom is 0.322 e. The highest BCUT2D eigenvalue weighted by Gasteiger charge is 2.33. The number of carboxylic acids is 1. The summed E-state index contributed by atoms with van der Waals surface area (Å²) in [6.45, 7) is 1.77. The van der Waals surface area contributed by atoms with Crippen molar-refractivity contribution in [3.63, 3.8) is 0 Å². The highest BCUT2D eigenvalue weighted by molar-refractivity contribution is 7.92. The largest absolute Gasteiger partial charge is 0.480 e. The molecular formula is C15H16O4S. The molecule has 1 N–H and O–H groups in total. The maximum absolute atomic E-state index is 12.4. The van der Waals surface area contributed by atoms with Crippen LogP contribution in [0.2, 0.25) is 0 Å². The van der Waals surface area contributed by atoms with E-state index in [1.807, 2.05) is 24.3 Å². The standard InChI is InChI=1S/C15H16O4S/c1-2-5-14(15(16)17)20(18,19)13-9-8-11-6-3-4-7-12(11)10-13/h3-4,6-10,14H,2,5H2,1H3,(H,16,17)/t14-/m0/s1. The highest BCUT2D eigenvalue weighted by atomic mass is 32.2. The second-order valence-electron chi connectivity index (χ2n) is 4.67. The minimum Gasteiger partial charge on any atom is -0.480 e. The van der Waals surface area contributed by atoms with Crippen molar-refractivity contribution >= 4 is 26.6 Å². The van der Waals surface area contributed by atoms with Gasteiger partial charge < -0.3 is 5.11 Å². The molecule has 0 fully saturated rings. The quantitative estimate of drug-likeness (QED) is 0.919. The van der Waals surface area contributed by atoms with Crippen LogP contribution in [-0.4, -0.2) is 24.7 Å². The molecular weight excluding hydrogens is 276 g/mol. The lowest BCUT2D eigenvalue weighted by Gasteiger charge is -2.13. The number of hydrogen-bond donors (Lipinski definition) is 1. The van der Waals surface area contributed by atoms with E-state index in [4.69, 9.17) is 5.11 Å². The fourth-order valence-corrected chi connectivity index (χ4v) is 3.87. The van der Waals surface area contributed by atoms with Crippen molar-refractivity contribution < 1.29 is 18.3 Å². The van der Waals surface area contributed by atoms with Gasteiger partial charge in [0, 0.05) is 0 Å². The smallest absolute Gasteiger partial charge is 0.322 e. The molecule has 0 heterocycles. The third-order valence-electron chi connectivity index (χ3n) is 3.25. The van der Waals surface area contributed by atoms with E-state index in [0.717, 1.165) is 10.8 Å². The average molecular weight is 292 g/mol. The zero-order valence-corrected chi connectivity index (χ0v) is 11.9. The summed E-state index contributed by atoms with van der Waals surface area (Å²) in [5.74, 6) is -1.29.